The van der Waals surface area contributed by atoms with E-state index in [-0.39, 0.29) is 12.5 Å². The molecule has 32 heavy (non-hydrogen) atoms. The Bertz CT molecular complexity index is 1080. The zero-order chi connectivity index (χ0) is 24.6. The average molecular weight is 551 g/mol. The summed E-state index contributed by atoms with van der Waals surface area (Å²) in [7, 11) is 0. The van der Waals surface area contributed by atoms with E-state index in [1.54, 1.807) is 0 Å². The average Bonchev–Trinajstić information content (AvgIpc) is 2.63. The predicted octanol–water partition coefficient (Wildman–Crippen LogP) is 7.50. The van der Waals surface area contributed by atoms with Crippen LogP contribution >= 0.6 is 27.5 Å². The minimum Gasteiger partial charge on any atom is -0.334 e. The van der Waals surface area contributed by atoms with E-state index in [1.807, 2.05) is 0 Å². The van der Waals surface area contributed by atoms with Gasteiger partial charge in [0, 0.05) is 17.1 Å². The first kappa shape index (κ1) is 25.6. The minimum atomic E-state index is -5.31. The number of alkyl halides is 6. The van der Waals surface area contributed by atoms with Crippen molar-refractivity contribution in [2.45, 2.75) is 25.7 Å². The molecule has 0 spiro atoms. The van der Waals surface area contributed by atoms with Gasteiger partial charge in [-0.15, -0.1) is 0 Å². The molecule has 2 aromatic rings. The second-order valence-electron chi connectivity index (χ2n) is 6.28. The number of benzene rings is 2. The number of halogens is 8. The van der Waals surface area contributed by atoms with Crippen LogP contribution in [0.2, 0.25) is 5.02 Å². The molecule has 0 fully saturated rings. The number of nitro benzene ring substituents is 2. The normalized spacial score (nSPS) is 12.0. The number of rotatable bonds is 6. The molecule has 0 unspecified atom stereocenters. The highest BCUT2D eigenvalue weighted by molar-refractivity contribution is 9.10. The van der Waals surface area contributed by atoms with E-state index in [0.717, 1.165) is 12.1 Å². The van der Waals surface area contributed by atoms with Gasteiger partial charge in [0.05, 0.1) is 37.7 Å². The highest BCUT2D eigenvalue weighted by atomic mass is 79.9. The van der Waals surface area contributed by atoms with Gasteiger partial charge >= 0.3 is 12.4 Å². The van der Waals surface area contributed by atoms with Gasteiger partial charge in [0.2, 0.25) is 0 Å². The van der Waals surface area contributed by atoms with Gasteiger partial charge in [-0.05, 0) is 18.6 Å². The lowest BCUT2D eigenvalue weighted by Crippen LogP contribution is -2.24. The lowest BCUT2D eigenvalue weighted by molar-refractivity contribution is -0.394. The summed E-state index contributed by atoms with van der Waals surface area (Å²) < 4.78 is 81.3. The minimum absolute atomic E-state index is 0.0409. The van der Waals surface area contributed by atoms with Crippen molar-refractivity contribution < 1.29 is 36.2 Å². The van der Waals surface area contributed by atoms with Crippen LogP contribution in [0.25, 0.3) is 0 Å². The van der Waals surface area contributed by atoms with Crippen molar-refractivity contribution in [1.29, 1.82) is 0 Å². The molecule has 0 aliphatic rings. The van der Waals surface area contributed by atoms with Gasteiger partial charge in [-0.1, -0.05) is 34.5 Å². The maximum absolute atomic E-state index is 13.8. The Balaban J connectivity index is 3.00. The van der Waals surface area contributed by atoms with Gasteiger partial charge in [-0.25, -0.2) is 0 Å². The molecule has 7 nitrogen and oxygen atoms in total. The summed E-state index contributed by atoms with van der Waals surface area (Å²) in [6.07, 6.45) is -10.3. The Labute approximate surface area is 189 Å². The van der Waals surface area contributed by atoms with Crippen molar-refractivity contribution in [3.05, 3.63) is 65.1 Å². The first-order valence-corrected chi connectivity index (χ1v) is 9.65. The third-order valence-corrected chi connectivity index (χ3v) is 5.19. The van der Waals surface area contributed by atoms with Crippen molar-refractivity contribution in [2.24, 2.45) is 0 Å². The summed E-state index contributed by atoms with van der Waals surface area (Å²) in [6, 6.07) is 2.24. The maximum atomic E-state index is 13.8. The van der Waals surface area contributed by atoms with Crippen LogP contribution in [-0.2, 0) is 12.4 Å². The van der Waals surface area contributed by atoms with Crippen LogP contribution in [0.3, 0.4) is 0 Å². The zero-order valence-corrected chi connectivity index (χ0v) is 18.1. The van der Waals surface area contributed by atoms with E-state index in [4.69, 9.17) is 11.6 Å². The van der Waals surface area contributed by atoms with Gasteiger partial charge in [0.15, 0.2) is 0 Å². The van der Waals surface area contributed by atoms with Crippen LogP contribution in [0.5, 0.6) is 0 Å². The number of hydrogen-bond donors (Lipinski definition) is 0. The summed E-state index contributed by atoms with van der Waals surface area (Å²) in [5, 5.41) is 21.6. The molecule has 0 heterocycles. The predicted molar refractivity (Wildman–Crippen MR) is 106 cm³/mol. The van der Waals surface area contributed by atoms with Gasteiger partial charge in [-0.3, -0.25) is 20.2 Å². The highest BCUT2D eigenvalue weighted by Gasteiger charge is 2.43. The molecule has 0 amide bonds. The van der Waals surface area contributed by atoms with Crippen LogP contribution in [0.15, 0.2) is 28.7 Å². The van der Waals surface area contributed by atoms with E-state index in [0.29, 0.717) is 11.0 Å². The van der Waals surface area contributed by atoms with Gasteiger partial charge in [0.25, 0.3) is 11.4 Å². The summed E-state index contributed by atoms with van der Waals surface area (Å²) in [4.78, 5) is 20.7. The molecule has 2 aromatic carbocycles. The molecule has 0 saturated carbocycles. The van der Waals surface area contributed by atoms with E-state index in [9.17, 15) is 46.6 Å². The number of nitro groups is 2. The van der Waals surface area contributed by atoms with Crippen LogP contribution in [-0.4, -0.2) is 16.4 Å². The molecular weight excluding hydrogens is 540 g/mol. The van der Waals surface area contributed by atoms with Gasteiger partial charge in [-0.2, -0.15) is 26.3 Å². The molecule has 0 atom stereocenters. The monoisotopic (exact) mass is 549 g/mol. The Kier molecular flexibility index (Phi) is 7.29. The standard InChI is InChI=1S/C17H11BrClF6N3O4/c1-2-5-26(11-4-3-10(18)13(14(11)19)17(23,24)25)15-9(16(20,21)22)6-8(27(29)30)7-12(15)28(31)32/h3-4,6-7H,2,5H2,1H3. The van der Waals surface area contributed by atoms with Crippen LogP contribution in [0.1, 0.15) is 24.5 Å². The third-order valence-electron chi connectivity index (χ3n) is 4.15. The summed E-state index contributed by atoms with van der Waals surface area (Å²) in [5.41, 5.74) is -7.43. The van der Waals surface area contributed by atoms with E-state index in [2.05, 4.69) is 15.9 Å². The Morgan fingerprint density at radius 1 is 1.03 bits per heavy atom. The van der Waals surface area contributed by atoms with Crippen LogP contribution < -0.4 is 4.90 Å². The van der Waals surface area contributed by atoms with Crippen molar-refractivity contribution in [1.82, 2.24) is 0 Å². The Hall–Kier alpha value is -2.61. The second kappa shape index (κ2) is 9.10. The van der Waals surface area contributed by atoms with Crippen molar-refractivity contribution in [3.63, 3.8) is 0 Å². The summed E-state index contributed by atoms with van der Waals surface area (Å²) >= 11 is 8.59. The summed E-state index contributed by atoms with van der Waals surface area (Å²) in [5.74, 6) is 0. The van der Waals surface area contributed by atoms with Crippen LogP contribution in [0, 0.1) is 20.2 Å². The van der Waals surface area contributed by atoms with E-state index < -0.39 is 72.1 Å². The first-order chi connectivity index (χ1) is 14.6. The van der Waals surface area contributed by atoms with Gasteiger partial charge in [0.1, 0.15) is 5.69 Å². The molecule has 15 heteroatoms. The fraction of sp³-hybridized carbons (Fsp3) is 0.294. The summed E-state index contributed by atoms with van der Waals surface area (Å²) in [6.45, 7) is 1.05. The van der Waals surface area contributed by atoms with Gasteiger partial charge < -0.3 is 4.90 Å². The number of hydrogen-bond acceptors (Lipinski definition) is 5. The van der Waals surface area contributed by atoms with E-state index >= 15 is 0 Å². The fourth-order valence-electron chi connectivity index (χ4n) is 2.93. The fourth-order valence-corrected chi connectivity index (χ4v) is 3.98. The maximum Gasteiger partial charge on any atom is 0.419 e. The SMILES string of the molecule is CCCN(c1ccc(Br)c(C(F)(F)F)c1Cl)c1c([N+](=O)[O-])cc([N+](=O)[O-])cc1C(F)(F)F. The third kappa shape index (κ3) is 5.06. The van der Waals surface area contributed by atoms with E-state index in [1.165, 1.54) is 6.92 Å². The zero-order valence-electron chi connectivity index (χ0n) is 15.7. The Morgan fingerprint density at radius 2 is 1.62 bits per heavy atom. The lowest BCUT2D eigenvalue weighted by Gasteiger charge is -2.29. The molecule has 2 rings (SSSR count). The van der Waals surface area contributed by atoms with Crippen molar-refractivity contribution in [3.8, 4) is 0 Å². The highest BCUT2D eigenvalue weighted by Crippen LogP contribution is 2.50. The largest absolute Gasteiger partial charge is 0.419 e. The number of nitrogens with zero attached hydrogens (tertiary/aromatic N) is 3. The molecule has 174 valence electrons. The molecule has 0 radical (unpaired) electrons. The molecule has 0 aromatic heterocycles. The van der Waals surface area contributed by atoms with Crippen molar-refractivity contribution >= 4 is 50.3 Å². The molecule has 0 saturated heterocycles. The van der Waals surface area contributed by atoms with Crippen molar-refractivity contribution in [2.75, 3.05) is 11.4 Å². The quantitative estimate of drug-likeness (QED) is 0.211. The molecular formula is C17H11BrClF6N3O4. The smallest absolute Gasteiger partial charge is 0.334 e. The second-order valence-corrected chi connectivity index (χ2v) is 7.51. The molecule has 0 aliphatic heterocycles. The Morgan fingerprint density at radius 3 is 2.06 bits per heavy atom. The lowest BCUT2D eigenvalue weighted by atomic mass is 10.1. The number of non-ortho nitro benzene ring substituents is 1. The molecule has 0 aliphatic carbocycles. The molecule has 0 bridgehead atoms. The van der Waals surface area contributed by atoms with Crippen LogP contribution in [0.4, 0.5) is 49.1 Å². The number of anilines is 2. The topological polar surface area (TPSA) is 89.5 Å². The molecule has 0 N–H and O–H groups in total. The first-order valence-electron chi connectivity index (χ1n) is 8.48.